The molecule has 0 radical (unpaired) electrons. The Labute approximate surface area is 143 Å². The fourth-order valence-electron chi connectivity index (χ4n) is 2.12. The Morgan fingerprint density at radius 1 is 1.33 bits per heavy atom. The Balaban J connectivity index is 2.17. The smallest absolute Gasteiger partial charge is 0.329 e. The summed E-state index contributed by atoms with van der Waals surface area (Å²) in [4.78, 5) is 32.1. The van der Waals surface area contributed by atoms with Crippen molar-refractivity contribution in [1.29, 1.82) is 0 Å². The van der Waals surface area contributed by atoms with Gasteiger partial charge in [0.15, 0.2) is 0 Å². The van der Waals surface area contributed by atoms with Gasteiger partial charge in [-0.15, -0.1) is 0 Å². The molecule has 0 unspecified atom stereocenters. The van der Waals surface area contributed by atoms with Gasteiger partial charge in [-0.05, 0) is 23.6 Å². The van der Waals surface area contributed by atoms with E-state index >= 15 is 0 Å². The third-order valence-electron chi connectivity index (χ3n) is 3.34. The predicted octanol–water partition coefficient (Wildman–Crippen LogP) is 1.28. The standard InChI is InChI=1S/C16H19ClN4O3/c1-20(11-12-6-3-2-4-7-12)15(17)18-13-10-14(23)21(8-5-9-22)16(24)19-13/h2-4,6-7,10,22H,5,8-9,11H2,1H3,(H,19,24)/b18-15-. The van der Waals surface area contributed by atoms with Crippen LogP contribution in [0.1, 0.15) is 12.0 Å². The number of hydrogen-bond acceptors (Lipinski definition) is 4. The Bertz CT molecular complexity index is 783. The van der Waals surface area contributed by atoms with Gasteiger partial charge in [0.1, 0.15) is 5.82 Å². The highest BCUT2D eigenvalue weighted by Crippen LogP contribution is 2.09. The van der Waals surface area contributed by atoms with Crippen molar-refractivity contribution >= 4 is 22.7 Å². The summed E-state index contributed by atoms with van der Waals surface area (Å²) in [6.45, 7) is 0.596. The van der Waals surface area contributed by atoms with E-state index in [9.17, 15) is 9.59 Å². The molecule has 0 amide bonds. The number of aliphatic imine (C=N–C) groups is 1. The first kappa shape index (κ1) is 18.0. The van der Waals surface area contributed by atoms with Crippen LogP contribution in [0.15, 0.2) is 51.0 Å². The largest absolute Gasteiger partial charge is 0.396 e. The van der Waals surface area contributed by atoms with E-state index in [2.05, 4.69) is 9.98 Å². The van der Waals surface area contributed by atoms with Gasteiger partial charge in [-0.2, -0.15) is 0 Å². The number of rotatable bonds is 6. The summed E-state index contributed by atoms with van der Waals surface area (Å²) in [5, 5.41) is 8.95. The number of aliphatic hydroxyl groups excluding tert-OH is 1. The highest BCUT2D eigenvalue weighted by Gasteiger charge is 2.07. The average molecular weight is 351 g/mol. The maximum atomic E-state index is 11.9. The number of benzene rings is 1. The molecule has 24 heavy (non-hydrogen) atoms. The Hall–Kier alpha value is -2.38. The topological polar surface area (TPSA) is 90.7 Å². The van der Waals surface area contributed by atoms with Gasteiger partial charge in [-0.1, -0.05) is 30.3 Å². The van der Waals surface area contributed by atoms with Crippen LogP contribution in [-0.2, 0) is 13.1 Å². The molecule has 0 aliphatic heterocycles. The van der Waals surface area contributed by atoms with Crippen molar-refractivity contribution in [3.05, 3.63) is 62.8 Å². The number of aromatic amines is 1. The summed E-state index contributed by atoms with van der Waals surface area (Å²) in [6, 6.07) is 10.9. The van der Waals surface area contributed by atoms with Crippen LogP contribution in [0.3, 0.4) is 0 Å². The zero-order valence-electron chi connectivity index (χ0n) is 13.3. The van der Waals surface area contributed by atoms with Crippen molar-refractivity contribution in [1.82, 2.24) is 14.5 Å². The highest BCUT2D eigenvalue weighted by atomic mass is 35.5. The molecule has 0 saturated carbocycles. The molecule has 1 heterocycles. The molecule has 1 aromatic carbocycles. The molecule has 0 saturated heterocycles. The van der Waals surface area contributed by atoms with Gasteiger partial charge < -0.3 is 10.0 Å². The third-order valence-corrected chi connectivity index (χ3v) is 3.71. The first-order valence-corrected chi connectivity index (χ1v) is 7.83. The van der Waals surface area contributed by atoms with E-state index in [1.165, 1.54) is 6.07 Å². The van der Waals surface area contributed by atoms with Crippen molar-refractivity contribution in [3.63, 3.8) is 0 Å². The average Bonchev–Trinajstić information content (AvgIpc) is 2.55. The number of halogens is 1. The van der Waals surface area contributed by atoms with Crippen molar-refractivity contribution in [3.8, 4) is 0 Å². The molecule has 0 aliphatic rings. The Morgan fingerprint density at radius 2 is 2.04 bits per heavy atom. The van der Waals surface area contributed by atoms with Gasteiger partial charge in [0, 0.05) is 32.8 Å². The van der Waals surface area contributed by atoms with Gasteiger partial charge in [0.25, 0.3) is 5.56 Å². The molecular formula is C16H19ClN4O3. The number of aromatic nitrogens is 2. The second-order valence-electron chi connectivity index (χ2n) is 5.25. The van der Waals surface area contributed by atoms with Crippen LogP contribution in [0, 0.1) is 0 Å². The van der Waals surface area contributed by atoms with E-state index in [1.807, 2.05) is 30.3 Å². The van der Waals surface area contributed by atoms with Crippen molar-refractivity contribution in [2.45, 2.75) is 19.5 Å². The lowest BCUT2D eigenvalue weighted by atomic mass is 10.2. The third kappa shape index (κ3) is 4.81. The molecule has 0 aliphatic carbocycles. The van der Waals surface area contributed by atoms with Crippen LogP contribution in [0.4, 0.5) is 5.82 Å². The minimum Gasteiger partial charge on any atom is -0.396 e. The second-order valence-corrected chi connectivity index (χ2v) is 5.59. The fourth-order valence-corrected chi connectivity index (χ4v) is 2.27. The minimum atomic E-state index is -0.579. The van der Waals surface area contributed by atoms with Gasteiger partial charge in [0.2, 0.25) is 5.29 Å². The molecule has 0 spiro atoms. The Kier molecular flexibility index (Phi) is 6.34. The van der Waals surface area contributed by atoms with Crippen molar-refractivity contribution in [2.24, 2.45) is 4.99 Å². The lowest BCUT2D eigenvalue weighted by Gasteiger charge is -2.16. The number of amidine groups is 1. The summed E-state index contributed by atoms with van der Waals surface area (Å²) in [6.07, 6.45) is 0.326. The van der Waals surface area contributed by atoms with Crippen LogP contribution in [-0.4, -0.2) is 38.5 Å². The minimum absolute atomic E-state index is 0.0927. The van der Waals surface area contributed by atoms with Crippen LogP contribution < -0.4 is 11.2 Å². The van der Waals surface area contributed by atoms with E-state index < -0.39 is 11.2 Å². The zero-order valence-corrected chi connectivity index (χ0v) is 14.0. The van der Waals surface area contributed by atoms with E-state index in [0.29, 0.717) is 13.0 Å². The van der Waals surface area contributed by atoms with Gasteiger partial charge in [-0.25, -0.2) is 9.79 Å². The van der Waals surface area contributed by atoms with Crippen LogP contribution in [0.2, 0.25) is 0 Å². The van der Waals surface area contributed by atoms with Gasteiger partial charge in [0.05, 0.1) is 0 Å². The monoisotopic (exact) mass is 350 g/mol. The van der Waals surface area contributed by atoms with Gasteiger partial charge >= 0.3 is 5.69 Å². The molecule has 0 fully saturated rings. The summed E-state index contributed by atoms with van der Waals surface area (Å²) in [7, 11) is 1.76. The molecular weight excluding hydrogens is 332 g/mol. The van der Waals surface area contributed by atoms with Gasteiger partial charge in [-0.3, -0.25) is 14.3 Å². The summed E-state index contributed by atoms with van der Waals surface area (Å²) < 4.78 is 1.01. The van der Waals surface area contributed by atoms with E-state index in [-0.39, 0.29) is 24.3 Å². The van der Waals surface area contributed by atoms with E-state index in [1.54, 1.807) is 11.9 Å². The first-order valence-electron chi connectivity index (χ1n) is 7.45. The molecule has 0 atom stereocenters. The zero-order chi connectivity index (χ0) is 17.5. The molecule has 8 heteroatoms. The van der Waals surface area contributed by atoms with Crippen molar-refractivity contribution in [2.75, 3.05) is 13.7 Å². The number of aliphatic hydroxyl groups is 1. The lowest BCUT2D eigenvalue weighted by Crippen LogP contribution is -2.34. The van der Waals surface area contributed by atoms with E-state index in [4.69, 9.17) is 16.7 Å². The number of nitrogens with zero attached hydrogens (tertiary/aromatic N) is 3. The predicted molar refractivity (Wildman–Crippen MR) is 93.9 cm³/mol. The first-order chi connectivity index (χ1) is 11.5. The summed E-state index contributed by atoms with van der Waals surface area (Å²) >= 11 is 6.16. The fraction of sp³-hybridized carbons (Fsp3) is 0.312. The normalized spacial score (nSPS) is 11.5. The van der Waals surface area contributed by atoms with Crippen LogP contribution in [0.25, 0.3) is 0 Å². The Morgan fingerprint density at radius 3 is 2.67 bits per heavy atom. The summed E-state index contributed by atoms with van der Waals surface area (Å²) in [5.41, 5.74) is -0.00716. The van der Waals surface area contributed by atoms with Crippen LogP contribution >= 0.6 is 11.6 Å². The SMILES string of the molecule is CN(Cc1ccccc1)/C(Cl)=N\c1cc(=O)n(CCCO)c(=O)[nH]1. The highest BCUT2D eigenvalue weighted by molar-refractivity contribution is 6.64. The second kappa shape index (κ2) is 8.47. The number of nitrogens with one attached hydrogen (secondary N) is 1. The van der Waals surface area contributed by atoms with Crippen molar-refractivity contribution < 1.29 is 5.11 Å². The van der Waals surface area contributed by atoms with E-state index in [0.717, 1.165) is 10.1 Å². The lowest BCUT2D eigenvalue weighted by molar-refractivity contribution is 0.278. The molecule has 2 aromatic rings. The molecule has 2 rings (SSSR count). The molecule has 1 aromatic heterocycles. The maximum absolute atomic E-state index is 11.9. The number of hydrogen-bond donors (Lipinski definition) is 2. The summed E-state index contributed by atoms with van der Waals surface area (Å²) in [5.74, 6) is 0.0927. The number of H-pyrrole nitrogens is 1. The quantitative estimate of drug-likeness (QED) is 0.466. The molecule has 2 N–H and O–H groups in total. The maximum Gasteiger partial charge on any atom is 0.329 e. The molecule has 128 valence electrons. The van der Waals surface area contributed by atoms with Crippen LogP contribution in [0.5, 0.6) is 0 Å². The molecule has 7 nitrogen and oxygen atoms in total. The molecule has 0 bridgehead atoms.